The molecule has 0 saturated carbocycles. The number of nitriles is 1. The van der Waals surface area contributed by atoms with E-state index >= 15 is 0 Å². The van der Waals surface area contributed by atoms with Crippen molar-refractivity contribution < 1.29 is 0 Å². The summed E-state index contributed by atoms with van der Waals surface area (Å²) in [5.74, 6) is 0. The normalized spacial score (nSPS) is 10.5. The summed E-state index contributed by atoms with van der Waals surface area (Å²) in [6.45, 7) is 4.06. The number of benzene rings is 3. The molecule has 0 amide bonds. The highest BCUT2D eigenvalue weighted by Crippen LogP contribution is 2.36. The van der Waals surface area contributed by atoms with Crippen LogP contribution in [0.4, 0.5) is 0 Å². The minimum absolute atomic E-state index is 0.684. The maximum Gasteiger partial charge on any atom is 0.100 e. The second kappa shape index (κ2) is 6.69. The second-order valence-corrected chi connectivity index (χ2v) is 6.61. The van der Waals surface area contributed by atoms with Gasteiger partial charge in [-0.05, 0) is 72.0 Å². The summed E-state index contributed by atoms with van der Waals surface area (Å²) in [7, 11) is 0. The number of hydrogen-bond donors (Lipinski definition) is 0. The quantitative estimate of drug-likeness (QED) is 0.497. The van der Waals surface area contributed by atoms with E-state index in [1.54, 1.807) is 0 Å². The number of hydrogen-bond acceptors (Lipinski definition) is 1. The van der Waals surface area contributed by atoms with Crippen molar-refractivity contribution in [2.75, 3.05) is 0 Å². The fourth-order valence-corrected chi connectivity index (χ4v) is 3.30. The van der Waals surface area contributed by atoms with Crippen molar-refractivity contribution in [3.63, 3.8) is 0 Å². The summed E-state index contributed by atoms with van der Waals surface area (Å²) in [6.07, 6.45) is 0. The van der Waals surface area contributed by atoms with E-state index in [4.69, 9.17) is 23.2 Å². The van der Waals surface area contributed by atoms with Gasteiger partial charge in [-0.1, -0.05) is 47.5 Å². The second-order valence-electron chi connectivity index (χ2n) is 5.74. The van der Waals surface area contributed by atoms with Gasteiger partial charge < -0.3 is 0 Å². The van der Waals surface area contributed by atoms with Crippen LogP contribution in [0.3, 0.4) is 0 Å². The van der Waals surface area contributed by atoms with Gasteiger partial charge in [-0.3, -0.25) is 0 Å². The summed E-state index contributed by atoms with van der Waals surface area (Å²) in [4.78, 5) is 0. The zero-order chi connectivity index (χ0) is 17.3. The van der Waals surface area contributed by atoms with Crippen LogP contribution in [0.1, 0.15) is 16.7 Å². The Morgan fingerprint density at radius 3 is 1.79 bits per heavy atom. The highest BCUT2D eigenvalue weighted by atomic mass is 35.5. The SMILES string of the molecule is Cc1cc(-c2ccc(Cl)cc2)c(C#N)c(C)c1-c1ccc(Cl)cc1. The molecule has 0 unspecified atom stereocenters. The van der Waals surface area contributed by atoms with Gasteiger partial charge in [0.25, 0.3) is 0 Å². The molecule has 0 aromatic heterocycles. The van der Waals surface area contributed by atoms with Gasteiger partial charge in [-0.15, -0.1) is 0 Å². The Morgan fingerprint density at radius 2 is 1.29 bits per heavy atom. The Labute approximate surface area is 152 Å². The Hall–Kier alpha value is -2.27. The van der Waals surface area contributed by atoms with Crippen LogP contribution in [0.5, 0.6) is 0 Å². The summed E-state index contributed by atoms with van der Waals surface area (Å²) in [6, 6.07) is 19.7. The van der Waals surface area contributed by atoms with Gasteiger partial charge in [0.15, 0.2) is 0 Å². The first-order valence-electron chi connectivity index (χ1n) is 7.57. The van der Waals surface area contributed by atoms with Crippen molar-refractivity contribution in [2.45, 2.75) is 13.8 Å². The number of rotatable bonds is 2. The molecule has 0 fully saturated rings. The van der Waals surface area contributed by atoms with Crippen LogP contribution < -0.4 is 0 Å². The molecular weight excluding hydrogens is 337 g/mol. The smallest absolute Gasteiger partial charge is 0.100 e. The monoisotopic (exact) mass is 351 g/mol. The number of nitrogens with zero attached hydrogens (tertiary/aromatic N) is 1. The predicted octanol–water partition coefficient (Wildman–Crippen LogP) is 6.82. The van der Waals surface area contributed by atoms with Crippen LogP contribution in [-0.4, -0.2) is 0 Å². The minimum atomic E-state index is 0.684. The zero-order valence-corrected chi connectivity index (χ0v) is 14.9. The molecule has 3 rings (SSSR count). The molecule has 0 atom stereocenters. The number of aryl methyl sites for hydroxylation is 1. The van der Waals surface area contributed by atoms with Crippen LogP contribution in [-0.2, 0) is 0 Å². The first-order valence-corrected chi connectivity index (χ1v) is 8.33. The average molecular weight is 352 g/mol. The topological polar surface area (TPSA) is 23.8 Å². The first kappa shape index (κ1) is 16.6. The lowest BCUT2D eigenvalue weighted by Crippen LogP contribution is -1.96. The Bertz CT molecular complexity index is 934. The van der Waals surface area contributed by atoms with Crippen molar-refractivity contribution in [1.82, 2.24) is 0 Å². The molecule has 118 valence electrons. The van der Waals surface area contributed by atoms with E-state index in [1.165, 1.54) is 0 Å². The third-order valence-corrected chi connectivity index (χ3v) is 4.68. The molecular formula is C21H15Cl2N. The molecule has 0 aliphatic carbocycles. The van der Waals surface area contributed by atoms with E-state index in [1.807, 2.05) is 55.5 Å². The van der Waals surface area contributed by atoms with E-state index in [-0.39, 0.29) is 0 Å². The van der Waals surface area contributed by atoms with Crippen molar-refractivity contribution in [3.05, 3.63) is 81.3 Å². The Balaban J connectivity index is 2.23. The van der Waals surface area contributed by atoms with Crippen LogP contribution in [0.15, 0.2) is 54.6 Å². The summed E-state index contributed by atoms with van der Waals surface area (Å²) < 4.78 is 0. The first-order chi connectivity index (χ1) is 11.5. The van der Waals surface area contributed by atoms with Gasteiger partial charge in [0.05, 0.1) is 5.56 Å². The van der Waals surface area contributed by atoms with Crippen LogP contribution in [0, 0.1) is 25.2 Å². The summed E-state index contributed by atoms with van der Waals surface area (Å²) in [5.41, 5.74) is 6.86. The van der Waals surface area contributed by atoms with E-state index in [9.17, 15) is 5.26 Å². The standard InChI is InChI=1S/C21H15Cl2N/c1-13-11-19(15-3-7-17(22)8-4-15)20(12-24)14(2)21(13)16-5-9-18(23)10-6-16/h3-11H,1-2H3. The molecule has 0 heterocycles. The minimum Gasteiger partial charge on any atom is -0.192 e. The maximum absolute atomic E-state index is 9.72. The summed E-state index contributed by atoms with van der Waals surface area (Å²) >= 11 is 12.0. The molecule has 0 spiro atoms. The van der Waals surface area contributed by atoms with Gasteiger partial charge in [-0.2, -0.15) is 5.26 Å². The molecule has 3 aromatic rings. The van der Waals surface area contributed by atoms with Crippen molar-refractivity contribution in [1.29, 1.82) is 5.26 Å². The lowest BCUT2D eigenvalue weighted by molar-refractivity contribution is 1.34. The third kappa shape index (κ3) is 3.04. The molecule has 1 nitrogen and oxygen atoms in total. The van der Waals surface area contributed by atoms with E-state index < -0.39 is 0 Å². The highest BCUT2D eigenvalue weighted by molar-refractivity contribution is 6.30. The van der Waals surface area contributed by atoms with E-state index in [0.717, 1.165) is 33.4 Å². The fraction of sp³-hybridized carbons (Fsp3) is 0.0952. The molecule has 24 heavy (non-hydrogen) atoms. The molecule has 0 aliphatic heterocycles. The molecule has 0 saturated heterocycles. The van der Waals surface area contributed by atoms with E-state index in [2.05, 4.69) is 19.1 Å². The fourth-order valence-electron chi connectivity index (χ4n) is 3.05. The van der Waals surface area contributed by atoms with Crippen molar-refractivity contribution in [3.8, 4) is 28.3 Å². The lowest BCUT2D eigenvalue weighted by atomic mass is 9.87. The van der Waals surface area contributed by atoms with Gasteiger partial charge in [0.1, 0.15) is 6.07 Å². The largest absolute Gasteiger partial charge is 0.192 e. The molecule has 0 aliphatic rings. The van der Waals surface area contributed by atoms with E-state index in [0.29, 0.717) is 15.6 Å². The molecule has 3 aromatic carbocycles. The van der Waals surface area contributed by atoms with Crippen molar-refractivity contribution in [2.24, 2.45) is 0 Å². The van der Waals surface area contributed by atoms with Gasteiger partial charge in [0.2, 0.25) is 0 Å². The predicted molar refractivity (Wildman–Crippen MR) is 102 cm³/mol. The van der Waals surface area contributed by atoms with Gasteiger partial charge in [-0.25, -0.2) is 0 Å². The molecule has 0 radical (unpaired) electrons. The molecule has 3 heteroatoms. The lowest BCUT2D eigenvalue weighted by Gasteiger charge is -2.16. The average Bonchev–Trinajstić information content (AvgIpc) is 2.57. The number of halogens is 2. The molecule has 0 N–H and O–H groups in total. The third-order valence-electron chi connectivity index (χ3n) is 4.17. The Morgan fingerprint density at radius 1 is 0.792 bits per heavy atom. The van der Waals surface area contributed by atoms with Crippen LogP contribution >= 0.6 is 23.2 Å². The Kier molecular flexibility index (Phi) is 4.62. The van der Waals surface area contributed by atoms with Crippen molar-refractivity contribution >= 4 is 23.2 Å². The van der Waals surface area contributed by atoms with Gasteiger partial charge >= 0.3 is 0 Å². The summed E-state index contributed by atoms with van der Waals surface area (Å²) in [5, 5.41) is 11.1. The van der Waals surface area contributed by atoms with Crippen LogP contribution in [0.25, 0.3) is 22.3 Å². The maximum atomic E-state index is 9.72. The van der Waals surface area contributed by atoms with Gasteiger partial charge in [0, 0.05) is 15.6 Å². The molecule has 0 bridgehead atoms. The van der Waals surface area contributed by atoms with Crippen LogP contribution in [0.2, 0.25) is 10.0 Å². The highest BCUT2D eigenvalue weighted by Gasteiger charge is 2.15. The zero-order valence-electron chi connectivity index (χ0n) is 13.4.